The molecule has 9 unspecified atom stereocenters. The molecular formula is C27H44F4N2O5. The van der Waals surface area contributed by atoms with Crippen molar-refractivity contribution < 1.29 is 42.0 Å². The van der Waals surface area contributed by atoms with E-state index < -0.39 is 61.0 Å². The first kappa shape index (κ1) is 30.0. The number of aliphatic hydroxyl groups is 2. The van der Waals surface area contributed by atoms with Crippen LogP contribution in [-0.4, -0.2) is 84.7 Å². The van der Waals surface area contributed by atoms with Crippen LogP contribution in [0.2, 0.25) is 0 Å². The summed E-state index contributed by atoms with van der Waals surface area (Å²) < 4.78 is 68.4. The highest BCUT2D eigenvalue weighted by Gasteiger charge is 2.53. The van der Waals surface area contributed by atoms with Crippen molar-refractivity contribution in [2.75, 3.05) is 19.8 Å². The van der Waals surface area contributed by atoms with Crippen LogP contribution in [0, 0.1) is 29.6 Å². The quantitative estimate of drug-likeness (QED) is 0.346. The molecule has 0 aromatic rings. The van der Waals surface area contributed by atoms with Crippen LogP contribution >= 0.6 is 0 Å². The Morgan fingerprint density at radius 3 is 2.50 bits per heavy atom. The molecule has 4 aliphatic rings. The van der Waals surface area contributed by atoms with Gasteiger partial charge in [0.05, 0.1) is 36.9 Å². The molecule has 0 aromatic carbocycles. The number of piperidine rings is 1. The summed E-state index contributed by atoms with van der Waals surface area (Å²) in [5.41, 5.74) is 0. The highest BCUT2D eigenvalue weighted by atomic mass is 19.4. The number of aliphatic hydroxyl groups excluding tert-OH is 2. The average molecular weight is 553 g/mol. The standard InChI is InChI=1S/C27H44F4N2O5/c1-14-12-38-25-19(14)10-21(33-24(25)16-3-6-18(28)7-4-16)20(27(29,30)31)11-32-26(36)17-5-8-23(22(35)9-17)37-13-15(2)34/h14-25,33-35H,3-13H2,1-2H3,(H,32,36)/t14?,15-,16?,17?,18?,19?,20?,21?,22?,23?,24?,25?/m1/s1. The van der Waals surface area contributed by atoms with Gasteiger partial charge in [0.25, 0.3) is 0 Å². The fourth-order valence-corrected chi connectivity index (χ4v) is 7.05. The first-order valence-electron chi connectivity index (χ1n) is 14.3. The highest BCUT2D eigenvalue weighted by Crippen LogP contribution is 2.44. The van der Waals surface area contributed by atoms with Gasteiger partial charge in [-0.3, -0.25) is 4.79 Å². The molecule has 4 rings (SSSR count). The Morgan fingerprint density at radius 2 is 1.87 bits per heavy atom. The molecule has 10 atom stereocenters. The molecule has 7 nitrogen and oxygen atoms in total. The van der Waals surface area contributed by atoms with E-state index in [9.17, 15) is 32.6 Å². The first-order chi connectivity index (χ1) is 17.9. The fraction of sp³-hybridized carbons (Fsp3) is 0.963. The molecule has 4 N–H and O–H groups in total. The summed E-state index contributed by atoms with van der Waals surface area (Å²) in [7, 11) is 0. The van der Waals surface area contributed by atoms with Gasteiger partial charge in [-0.25, -0.2) is 4.39 Å². The Morgan fingerprint density at radius 1 is 1.16 bits per heavy atom. The van der Waals surface area contributed by atoms with E-state index in [0.717, 1.165) is 0 Å². The van der Waals surface area contributed by atoms with E-state index >= 15 is 0 Å². The van der Waals surface area contributed by atoms with Gasteiger partial charge in [0, 0.05) is 31.2 Å². The van der Waals surface area contributed by atoms with Crippen LogP contribution in [0.3, 0.4) is 0 Å². The summed E-state index contributed by atoms with van der Waals surface area (Å²) >= 11 is 0. The minimum absolute atomic E-state index is 0.0121. The Kier molecular flexibility index (Phi) is 9.98. The van der Waals surface area contributed by atoms with E-state index in [0.29, 0.717) is 51.6 Å². The molecule has 2 aliphatic carbocycles. The van der Waals surface area contributed by atoms with E-state index in [4.69, 9.17) is 9.47 Å². The van der Waals surface area contributed by atoms with E-state index in [1.807, 2.05) is 6.92 Å². The number of amides is 1. The molecule has 0 radical (unpaired) electrons. The third kappa shape index (κ3) is 7.19. The van der Waals surface area contributed by atoms with Crippen LogP contribution in [0.15, 0.2) is 0 Å². The number of ether oxygens (including phenoxy) is 2. The lowest BCUT2D eigenvalue weighted by molar-refractivity contribution is -0.188. The van der Waals surface area contributed by atoms with Gasteiger partial charge in [0.15, 0.2) is 0 Å². The molecule has 2 aliphatic heterocycles. The van der Waals surface area contributed by atoms with Gasteiger partial charge in [-0.15, -0.1) is 0 Å². The Bertz CT molecular complexity index is 779. The molecule has 220 valence electrons. The SMILES string of the molecule is CC1COC2C1CC(C(CNC(=O)C1CCC(OC[C@@H](C)O)C(O)C1)C(F)(F)F)NC2C1CCC(F)CC1. The van der Waals surface area contributed by atoms with Crippen molar-refractivity contribution in [2.45, 2.75) is 114 Å². The predicted octanol–water partition coefficient (Wildman–Crippen LogP) is 3.12. The maximum absolute atomic E-state index is 14.4. The van der Waals surface area contributed by atoms with Gasteiger partial charge >= 0.3 is 6.18 Å². The second-order valence-corrected chi connectivity index (χ2v) is 12.2. The van der Waals surface area contributed by atoms with Crippen molar-refractivity contribution in [2.24, 2.45) is 29.6 Å². The predicted molar refractivity (Wildman–Crippen MR) is 132 cm³/mol. The number of rotatable bonds is 8. The van der Waals surface area contributed by atoms with Crippen LogP contribution in [-0.2, 0) is 14.3 Å². The lowest BCUT2D eigenvalue weighted by Crippen LogP contribution is -2.62. The summed E-state index contributed by atoms with van der Waals surface area (Å²) in [5.74, 6) is -2.66. The summed E-state index contributed by atoms with van der Waals surface area (Å²) in [4.78, 5) is 12.9. The minimum Gasteiger partial charge on any atom is -0.391 e. The zero-order valence-electron chi connectivity index (χ0n) is 22.3. The lowest BCUT2D eigenvalue weighted by Gasteiger charge is -2.47. The van der Waals surface area contributed by atoms with E-state index in [-0.39, 0.29) is 42.9 Å². The van der Waals surface area contributed by atoms with Gasteiger partial charge in [-0.05, 0) is 76.0 Å². The van der Waals surface area contributed by atoms with Crippen LogP contribution in [0.1, 0.15) is 65.2 Å². The summed E-state index contributed by atoms with van der Waals surface area (Å²) in [6.45, 7) is 3.63. The largest absolute Gasteiger partial charge is 0.394 e. The van der Waals surface area contributed by atoms with E-state index in [1.54, 1.807) is 6.92 Å². The second-order valence-electron chi connectivity index (χ2n) is 12.2. The third-order valence-electron chi connectivity index (χ3n) is 9.28. The molecular weight excluding hydrogens is 508 g/mol. The maximum atomic E-state index is 14.4. The van der Waals surface area contributed by atoms with Crippen molar-refractivity contribution in [3.05, 3.63) is 0 Å². The van der Waals surface area contributed by atoms with Crippen LogP contribution < -0.4 is 10.6 Å². The molecule has 2 heterocycles. The number of hydrogen-bond acceptors (Lipinski definition) is 6. The van der Waals surface area contributed by atoms with Gasteiger partial charge in [0.1, 0.15) is 6.17 Å². The summed E-state index contributed by atoms with van der Waals surface area (Å²) in [6, 6.07) is -1.13. The van der Waals surface area contributed by atoms with Crippen LogP contribution in [0.4, 0.5) is 17.6 Å². The fourth-order valence-electron chi connectivity index (χ4n) is 7.05. The Balaban J connectivity index is 1.38. The first-order valence-corrected chi connectivity index (χ1v) is 14.3. The molecule has 1 amide bonds. The average Bonchev–Trinajstić information content (AvgIpc) is 3.23. The summed E-state index contributed by atoms with van der Waals surface area (Å²) in [6.07, 6.45) is -4.32. The van der Waals surface area contributed by atoms with Crippen molar-refractivity contribution in [3.63, 3.8) is 0 Å². The highest BCUT2D eigenvalue weighted by molar-refractivity contribution is 5.78. The Hall–Kier alpha value is -1.01. The monoisotopic (exact) mass is 552 g/mol. The van der Waals surface area contributed by atoms with E-state index in [1.165, 1.54) is 0 Å². The molecule has 0 spiro atoms. The second kappa shape index (κ2) is 12.7. The zero-order valence-corrected chi connectivity index (χ0v) is 22.3. The van der Waals surface area contributed by atoms with Crippen molar-refractivity contribution >= 4 is 5.91 Å². The van der Waals surface area contributed by atoms with Gasteiger partial charge in [0.2, 0.25) is 5.91 Å². The molecule has 4 fully saturated rings. The summed E-state index contributed by atoms with van der Waals surface area (Å²) in [5, 5.41) is 25.6. The number of carbonyl (C=O) groups is 1. The smallest absolute Gasteiger partial charge is 0.391 e. The number of hydrogen-bond donors (Lipinski definition) is 4. The third-order valence-corrected chi connectivity index (χ3v) is 9.28. The maximum Gasteiger partial charge on any atom is 0.394 e. The minimum atomic E-state index is -4.52. The molecule has 2 saturated carbocycles. The zero-order chi connectivity index (χ0) is 27.6. The number of fused-ring (bicyclic) bond motifs is 1. The molecule has 11 heteroatoms. The molecule has 38 heavy (non-hydrogen) atoms. The normalized spacial score (nSPS) is 41.8. The number of alkyl halides is 4. The molecule has 0 aromatic heterocycles. The van der Waals surface area contributed by atoms with Crippen molar-refractivity contribution in [3.8, 4) is 0 Å². The number of carbonyl (C=O) groups excluding carboxylic acids is 1. The number of nitrogens with one attached hydrogen (secondary N) is 2. The molecule has 0 bridgehead atoms. The van der Waals surface area contributed by atoms with Crippen LogP contribution in [0.5, 0.6) is 0 Å². The lowest BCUT2D eigenvalue weighted by atomic mass is 9.71. The Labute approximate surface area is 222 Å². The number of halogens is 4. The van der Waals surface area contributed by atoms with Crippen molar-refractivity contribution in [1.29, 1.82) is 0 Å². The van der Waals surface area contributed by atoms with Gasteiger partial charge in [-0.2, -0.15) is 13.2 Å². The van der Waals surface area contributed by atoms with Gasteiger partial charge in [-0.1, -0.05) is 6.92 Å². The van der Waals surface area contributed by atoms with E-state index in [2.05, 4.69) is 10.6 Å². The van der Waals surface area contributed by atoms with Gasteiger partial charge < -0.3 is 30.3 Å². The molecule has 2 saturated heterocycles. The topological polar surface area (TPSA) is 100 Å². The van der Waals surface area contributed by atoms with Crippen molar-refractivity contribution in [1.82, 2.24) is 10.6 Å². The van der Waals surface area contributed by atoms with Crippen LogP contribution in [0.25, 0.3) is 0 Å².